The maximum absolute atomic E-state index is 12.4. The third-order valence-electron chi connectivity index (χ3n) is 4.64. The fraction of sp³-hybridized carbons (Fsp3) is 0.333. The van der Waals surface area contributed by atoms with Crippen LogP contribution in [0.1, 0.15) is 12.0 Å². The Morgan fingerprint density at radius 2 is 1.89 bits per heavy atom. The van der Waals surface area contributed by atoms with Gasteiger partial charge >= 0.3 is 0 Å². The van der Waals surface area contributed by atoms with Crippen molar-refractivity contribution in [2.75, 3.05) is 32.7 Å². The minimum atomic E-state index is -0.610. The number of para-hydroxylation sites is 2. The number of hydrogen-bond acceptors (Lipinski definition) is 5. The highest BCUT2D eigenvalue weighted by atomic mass is 16.5. The van der Waals surface area contributed by atoms with Gasteiger partial charge in [-0.2, -0.15) is 0 Å². The van der Waals surface area contributed by atoms with Crippen LogP contribution in [0.15, 0.2) is 42.5 Å². The molecule has 148 valence electrons. The molecule has 2 aromatic rings. The van der Waals surface area contributed by atoms with Crippen molar-refractivity contribution in [3.05, 3.63) is 48.0 Å². The number of benzene rings is 2. The van der Waals surface area contributed by atoms with E-state index in [0.717, 1.165) is 11.3 Å². The lowest BCUT2D eigenvalue weighted by Crippen LogP contribution is -2.45. The summed E-state index contributed by atoms with van der Waals surface area (Å²) in [5.41, 5.74) is 1.56. The van der Waals surface area contributed by atoms with E-state index in [9.17, 15) is 9.59 Å². The molecule has 1 heterocycles. The fourth-order valence-corrected chi connectivity index (χ4v) is 3.14. The topological polar surface area (TPSA) is 77.1 Å². The van der Waals surface area contributed by atoms with Gasteiger partial charge in [0.05, 0.1) is 26.3 Å². The molecule has 0 aliphatic carbocycles. The van der Waals surface area contributed by atoms with Crippen LogP contribution in [0.5, 0.6) is 17.2 Å². The highest BCUT2D eigenvalue weighted by Crippen LogP contribution is 2.33. The molecule has 7 heteroatoms. The molecule has 1 atom stereocenters. The van der Waals surface area contributed by atoms with Gasteiger partial charge in [0.2, 0.25) is 5.91 Å². The van der Waals surface area contributed by atoms with Crippen molar-refractivity contribution in [3.8, 4) is 17.2 Å². The molecule has 0 bridgehead atoms. The first kappa shape index (κ1) is 19.5. The lowest BCUT2D eigenvalue weighted by Gasteiger charge is -2.31. The van der Waals surface area contributed by atoms with Crippen molar-refractivity contribution in [2.24, 2.45) is 0 Å². The number of ether oxygens (including phenoxy) is 3. The SMILES string of the molecule is COc1ccc(CC(=O)NCCC2Oc3ccccc3N(C)C2=O)cc1OC. The van der Waals surface area contributed by atoms with Crippen molar-refractivity contribution < 1.29 is 23.8 Å². The highest BCUT2D eigenvalue weighted by molar-refractivity contribution is 5.99. The van der Waals surface area contributed by atoms with E-state index >= 15 is 0 Å². The smallest absolute Gasteiger partial charge is 0.267 e. The van der Waals surface area contributed by atoms with Crippen LogP contribution in [0.3, 0.4) is 0 Å². The molecule has 0 saturated carbocycles. The van der Waals surface area contributed by atoms with Crippen LogP contribution in [-0.2, 0) is 16.0 Å². The number of methoxy groups -OCH3 is 2. The molecule has 2 aromatic carbocycles. The number of carbonyl (C=O) groups is 2. The standard InChI is InChI=1S/C21H24N2O5/c1-23-15-6-4-5-7-16(15)28-18(21(23)25)10-11-22-20(24)13-14-8-9-17(26-2)19(12-14)27-3/h4-9,12,18H,10-11,13H2,1-3H3,(H,22,24). The predicted molar refractivity (Wildman–Crippen MR) is 105 cm³/mol. The monoisotopic (exact) mass is 384 g/mol. The average molecular weight is 384 g/mol. The Balaban J connectivity index is 1.53. The molecule has 7 nitrogen and oxygen atoms in total. The molecule has 1 unspecified atom stereocenters. The number of fused-ring (bicyclic) bond motifs is 1. The third-order valence-corrected chi connectivity index (χ3v) is 4.64. The number of anilines is 1. The summed E-state index contributed by atoms with van der Waals surface area (Å²) < 4.78 is 16.2. The molecule has 3 rings (SSSR count). The Morgan fingerprint density at radius 3 is 2.64 bits per heavy atom. The summed E-state index contributed by atoms with van der Waals surface area (Å²) in [6.07, 6.45) is -0.00105. The largest absolute Gasteiger partial charge is 0.493 e. The molecule has 28 heavy (non-hydrogen) atoms. The van der Waals surface area contributed by atoms with Crippen LogP contribution in [0.2, 0.25) is 0 Å². The molecule has 1 aliphatic rings. The number of amides is 2. The summed E-state index contributed by atoms with van der Waals surface area (Å²) in [5, 5.41) is 2.84. The van der Waals surface area contributed by atoms with Crippen molar-refractivity contribution >= 4 is 17.5 Å². The van der Waals surface area contributed by atoms with Crippen molar-refractivity contribution in [1.29, 1.82) is 0 Å². The summed E-state index contributed by atoms with van der Waals surface area (Å²) in [5.74, 6) is 1.61. The van der Waals surface area contributed by atoms with Gasteiger partial charge in [0.1, 0.15) is 5.75 Å². The molecule has 0 spiro atoms. The Kier molecular flexibility index (Phi) is 6.03. The van der Waals surface area contributed by atoms with Crippen LogP contribution in [0.25, 0.3) is 0 Å². The zero-order valence-electron chi connectivity index (χ0n) is 16.2. The van der Waals surface area contributed by atoms with Gasteiger partial charge in [0, 0.05) is 20.0 Å². The van der Waals surface area contributed by atoms with Crippen LogP contribution < -0.4 is 24.4 Å². The van der Waals surface area contributed by atoms with Crippen molar-refractivity contribution in [3.63, 3.8) is 0 Å². The molecule has 1 N–H and O–H groups in total. The molecule has 0 aromatic heterocycles. The van der Waals surface area contributed by atoms with E-state index in [2.05, 4.69) is 5.32 Å². The highest BCUT2D eigenvalue weighted by Gasteiger charge is 2.31. The number of likely N-dealkylation sites (N-methyl/N-ethyl adjacent to an activating group) is 1. The van der Waals surface area contributed by atoms with Gasteiger partial charge in [-0.25, -0.2) is 0 Å². The second kappa shape index (κ2) is 8.65. The van der Waals surface area contributed by atoms with E-state index in [0.29, 0.717) is 30.2 Å². The summed E-state index contributed by atoms with van der Waals surface area (Å²) >= 11 is 0. The van der Waals surface area contributed by atoms with Gasteiger partial charge in [-0.05, 0) is 29.8 Å². The molecule has 1 aliphatic heterocycles. The first-order chi connectivity index (χ1) is 13.5. The summed E-state index contributed by atoms with van der Waals surface area (Å²) in [7, 11) is 4.85. The third kappa shape index (κ3) is 4.19. The molecule has 0 saturated heterocycles. The average Bonchev–Trinajstić information content (AvgIpc) is 2.71. The number of hydrogen-bond donors (Lipinski definition) is 1. The maximum atomic E-state index is 12.4. The van der Waals surface area contributed by atoms with E-state index in [1.54, 1.807) is 38.3 Å². The Labute approximate surface area is 164 Å². The molecule has 0 radical (unpaired) electrons. The summed E-state index contributed by atoms with van der Waals surface area (Å²) in [6.45, 7) is 0.346. The van der Waals surface area contributed by atoms with E-state index in [-0.39, 0.29) is 18.2 Å². The van der Waals surface area contributed by atoms with Gasteiger partial charge in [-0.15, -0.1) is 0 Å². The Hall–Kier alpha value is -3.22. The van der Waals surface area contributed by atoms with Gasteiger partial charge < -0.3 is 24.4 Å². The van der Waals surface area contributed by atoms with E-state index < -0.39 is 6.10 Å². The first-order valence-corrected chi connectivity index (χ1v) is 9.04. The van der Waals surface area contributed by atoms with Crippen LogP contribution in [-0.4, -0.2) is 45.7 Å². The van der Waals surface area contributed by atoms with E-state index in [4.69, 9.17) is 14.2 Å². The van der Waals surface area contributed by atoms with Gasteiger partial charge in [-0.1, -0.05) is 18.2 Å². The number of nitrogens with zero attached hydrogens (tertiary/aromatic N) is 1. The van der Waals surface area contributed by atoms with E-state index in [1.165, 1.54) is 0 Å². The van der Waals surface area contributed by atoms with E-state index in [1.807, 2.05) is 30.3 Å². The number of carbonyl (C=O) groups excluding carboxylic acids is 2. The first-order valence-electron chi connectivity index (χ1n) is 9.04. The zero-order chi connectivity index (χ0) is 20.1. The summed E-state index contributed by atoms with van der Waals surface area (Å²) in [6, 6.07) is 12.8. The zero-order valence-corrected chi connectivity index (χ0v) is 16.2. The lowest BCUT2D eigenvalue weighted by atomic mass is 10.1. The Bertz CT molecular complexity index is 868. The minimum absolute atomic E-state index is 0.118. The second-order valence-electron chi connectivity index (χ2n) is 6.48. The Morgan fingerprint density at radius 1 is 1.14 bits per heavy atom. The quantitative estimate of drug-likeness (QED) is 0.792. The second-order valence-corrected chi connectivity index (χ2v) is 6.48. The number of rotatable bonds is 7. The van der Waals surface area contributed by atoms with Crippen LogP contribution >= 0.6 is 0 Å². The predicted octanol–water partition coefficient (Wildman–Crippen LogP) is 2.18. The van der Waals surface area contributed by atoms with Crippen LogP contribution in [0, 0.1) is 0 Å². The summed E-state index contributed by atoms with van der Waals surface area (Å²) in [4.78, 5) is 26.3. The fourth-order valence-electron chi connectivity index (χ4n) is 3.14. The minimum Gasteiger partial charge on any atom is -0.493 e. The van der Waals surface area contributed by atoms with Crippen LogP contribution in [0.4, 0.5) is 5.69 Å². The normalized spacial score (nSPS) is 15.5. The molecular formula is C21H24N2O5. The molecule has 0 fully saturated rings. The van der Waals surface area contributed by atoms with Gasteiger partial charge in [0.25, 0.3) is 5.91 Å². The maximum Gasteiger partial charge on any atom is 0.267 e. The van der Waals surface area contributed by atoms with Crippen molar-refractivity contribution in [1.82, 2.24) is 5.32 Å². The lowest BCUT2D eigenvalue weighted by molar-refractivity contribution is -0.127. The van der Waals surface area contributed by atoms with Gasteiger partial charge in [-0.3, -0.25) is 9.59 Å². The molecule has 2 amide bonds. The molecular weight excluding hydrogens is 360 g/mol. The van der Waals surface area contributed by atoms with Crippen molar-refractivity contribution in [2.45, 2.75) is 18.9 Å². The number of nitrogens with one attached hydrogen (secondary N) is 1. The van der Waals surface area contributed by atoms with Gasteiger partial charge in [0.15, 0.2) is 17.6 Å².